The summed E-state index contributed by atoms with van der Waals surface area (Å²) in [5.74, 6) is -0.181. The number of nitrogens with zero attached hydrogens (tertiary/aromatic N) is 1. The third kappa shape index (κ3) is 5.93. The maximum Gasteiger partial charge on any atom is 0.357 e. The minimum absolute atomic E-state index is 0.0146. The van der Waals surface area contributed by atoms with Crippen LogP contribution in [0.2, 0.25) is 0 Å². The zero-order chi connectivity index (χ0) is 27.3. The minimum atomic E-state index is -4.24. The van der Waals surface area contributed by atoms with E-state index in [-0.39, 0.29) is 35.7 Å². The zero-order valence-electron chi connectivity index (χ0n) is 20.6. The Bertz CT molecular complexity index is 1570. The summed E-state index contributed by atoms with van der Waals surface area (Å²) in [6.07, 6.45) is 0. The summed E-state index contributed by atoms with van der Waals surface area (Å²) in [6, 6.07) is 20.6. The Kier molecular flexibility index (Phi) is 8.87. The lowest BCUT2D eigenvalue weighted by molar-refractivity contribution is 0.0514. The van der Waals surface area contributed by atoms with Crippen molar-refractivity contribution in [3.05, 3.63) is 83.0 Å². The van der Waals surface area contributed by atoms with Crippen molar-refractivity contribution in [2.24, 2.45) is 0 Å². The molecule has 38 heavy (non-hydrogen) atoms. The summed E-state index contributed by atoms with van der Waals surface area (Å²) in [6.45, 7) is 1.94. The van der Waals surface area contributed by atoms with Crippen LogP contribution in [0, 0.1) is 0 Å². The van der Waals surface area contributed by atoms with Crippen LogP contribution < -0.4 is 14.8 Å². The van der Waals surface area contributed by atoms with Gasteiger partial charge in [-0.1, -0.05) is 34.1 Å². The van der Waals surface area contributed by atoms with E-state index in [0.29, 0.717) is 20.6 Å². The van der Waals surface area contributed by atoms with Gasteiger partial charge in [0.05, 0.1) is 24.1 Å². The molecule has 0 aliphatic heterocycles. The molecule has 9 nitrogen and oxygen atoms in total. The lowest BCUT2D eigenvalue weighted by atomic mass is 10.2. The molecule has 0 saturated carbocycles. The molecule has 0 bridgehead atoms. The van der Waals surface area contributed by atoms with Crippen molar-refractivity contribution in [3.63, 3.8) is 0 Å². The highest BCUT2D eigenvalue weighted by Gasteiger charge is 2.34. The first-order valence-electron chi connectivity index (χ1n) is 11.6. The molecule has 1 aromatic heterocycles. The van der Waals surface area contributed by atoms with Crippen LogP contribution >= 0.6 is 15.9 Å². The van der Waals surface area contributed by atoms with Gasteiger partial charge >= 0.3 is 5.97 Å². The molecule has 1 unspecified atom stereocenters. The van der Waals surface area contributed by atoms with Crippen molar-refractivity contribution < 1.29 is 26.9 Å². The summed E-state index contributed by atoms with van der Waals surface area (Å²) in [5, 5.41) is 3.37. The van der Waals surface area contributed by atoms with Crippen LogP contribution in [-0.2, 0) is 25.7 Å². The van der Waals surface area contributed by atoms with Crippen molar-refractivity contribution in [2.75, 3.05) is 32.1 Å². The normalized spacial score (nSPS) is 12.3. The molecule has 0 saturated heterocycles. The molecule has 4 aromatic rings. The van der Waals surface area contributed by atoms with Crippen molar-refractivity contribution in [1.82, 2.24) is 8.69 Å². The molecule has 3 aromatic carbocycles. The molecule has 1 heterocycles. The largest absolute Gasteiger partial charge is 0.497 e. The van der Waals surface area contributed by atoms with Gasteiger partial charge in [-0.3, -0.25) is 0 Å². The quantitative estimate of drug-likeness (QED) is 0.187. The first-order valence-corrected chi connectivity index (χ1v) is 15.0. The van der Waals surface area contributed by atoms with Crippen LogP contribution in [0.4, 0.5) is 5.69 Å². The first-order chi connectivity index (χ1) is 18.3. The predicted octanol–water partition coefficient (Wildman–Crippen LogP) is 4.55. The van der Waals surface area contributed by atoms with Gasteiger partial charge < -0.3 is 14.8 Å². The number of esters is 1. The second kappa shape index (κ2) is 12.1. The molecule has 0 amide bonds. The SMILES string of the molecule is CCOC(=O)c1c(S(=O)(=O)NCCNc2ccc(OC)cc2)c2cc(Br)ccc2n1S(=O)c1ccccc1. The van der Waals surface area contributed by atoms with Crippen LogP contribution in [0.25, 0.3) is 10.9 Å². The number of methoxy groups -OCH3 is 1. The number of rotatable bonds is 11. The lowest BCUT2D eigenvalue weighted by Gasteiger charge is -2.12. The molecule has 1 atom stereocenters. The average Bonchev–Trinajstić information content (AvgIpc) is 3.27. The number of fused-ring (bicyclic) bond motifs is 1. The Hall–Kier alpha value is -3.19. The van der Waals surface area contributed by atoms with E-state index < -0.39 is 27.0 Å². The highest BCUT2D eigenvalue weighted by molar-refractivity contribution is 9.10. The van der Waals surface area contributed by atoms with E-state index in [1.807, 2.05) is 12.1 Å². The van der Waals surface area contributed by atoms with Crippen LogP contribution in [0.5, 0.6) is 5.75 Å². The van der Waals surface area contributed by atoms with E-state index in [4.69, 9.17) is 9.47 Å². The average molecular weight is 621 g/mol. The number of ether oxygens (including phenoxy) is 2. The Morgan fingerprint density at radius 3 is 2.39 bits per heavy atom. The van der Waals surface area contributed by atoms with Crippen molar-refractivity contribution in [3.8, 4) is 5.75 Å². The fourth-order valence-corrected chi connectivity index (χ4v) is 6.93. The fourth-order valence-electron chi connectivity index (χ4n) is 3.84. The van der Waals surface area contributed by atoms with Crippen LogP contribution in [0.15, 0.2) is 87.1 Å². The number of hydrogen-bond acceptors (Lipinski definition) is 7. The van der Waals surface area contributed by atoms with Crippen LogP contribution in [-0.4, -0.2) is 49.4 Å². The Labute approximate surface area is 231 Å². The van der Waals surface area contributed by atoms with Gasteiger partial charge in [0.25, 0.3) is 0 Å². The molecule has 200 valence electrons. The summed E-state index contributed by atoms with van der Waals surface area (Å²) in [7, 11) is -4.60. The summed E-state index contributed by atoms with van der Waals surface area (Å²) >= 11 is 3.38. The van der Waals surface area contributed by atoms with Gasteiger partial charge in [-0.2, -0.15) is 0 Å². The van der Waals surface area contributed by atoms with Gasteiger partial charge in [0.15, 0.2) is 16.7 Å². The third-order valence-electron chi connectivity index (χ3n) is 5.52. The Balaban J connectivity index is 1.74. The highest BCUT2D eigenvalue weighted by Crippen LogP contribution is 2.34. The molecule has 0 aliphatic rings. The maximum atomic E-state index is 13.7. The standard InChI is InChI=1S/C26H26BrN3O6S2/c1-3-36-26(31)24-25(38(33,34)29-16-15-28-19-10-12-20(35-2)13-11-19)22-17-18(27)9-14-23(22)30(24)37(32)21-7-5-4-6-8-21/h4-14,17,28-29H,3,15-16H2,1-2H3. The van der Waals surface area contributed by atoms with E-state index >= 15 is 0 Å². The first kappa shape index (κ1) is 27.8. The number of hydrogen-bond donors (Lipinski definition) is 2. The lowest BCUT2D eigenvalue weighted by Crippen LogP contribution is -2.30. The van der Waals surface area contributed by atoms with Gasteiger partial charge in [-0.15, -0.1) is 0 Å². The number of carbonyl (C=O) groups excluding carboxylic acids is 1. The van der Waals surface area contributed by atoms with Gasteiger partial charge in [-0.05, 0) is 61.5 Å². The van der Waals surface area contributed by atoms with E-state index in [2.05, 4.69) is 26.0 Å². The summed E-state index contributed by atoms with van der Waals surface area (Å²) in [5.41, 5.74) is 0.795. The van der Waals surface area contributed by atoms with Crippen molar-refractivity contribution in [2.45, 2.75) is 16.7 Å². The fraction of sp³-hybridized carbons (Fsp3) is 0.192. The Morgan fingerprint density at radius 2 is 1.74 bits per heavy atom. The second-order valence-electron chi connectivity index (χ2n) is 7.97. The number of aromatic nitrogens is 1. The highest BCUT2D eigenvalue weighted by atomic mass is 79.9. The number of anilines is 1. The number of sulfonamides is 1. The van der Waals surface area contributed by atoms with Crippen molar-refractivity contribution >= 4 is 59.5 Å². The number of halogens is 1. The number of nitrogens with one attached hydrogen (secondary N) is 2. The van der Waals surface area contributed by atoms with Gasteiger partial charge in [0.2, 0.25) is 10.0 Å². The second-order valence-corrected chi connectivity index (χ2v) is 11.9. The zero-order valence-corrected chi connectivity index (χ0v) is 23.9. The van der Waals surface area contributed by atoms with Gasteiger partial charge in [0.1, 0.15) is 10.6 Å². The summed E-state index contributed by atoms with van der Waals surface area (Å²) in [4.78, 5) is 13.3. The molecule has 0 fully saturated rings. The van der Waals surface area contributed by atoms with Gasteiger partial charge in [0, 0.05) is 28.6 Å². The van der Waals surface area contributed by atoms with Gasteiger partial charge in [-0.25, -0.2) is 26.1 Å². The molecular formula is C26H26BrN3O6S2. The molecule has 2 N–H and O–H groups in total. The molecular weight excluding hydrogens is 594 g/mol. The molecule has 0 aliphatic carbocycles. The van der Waals surface area contributed by atoms with Crippen LogP contribution in [0.1, 0.15) is 17.4 Å². The monoisotopic (exact) mass is 619 g/mol. The Morgan fingerprint density at radius 1 is 1.03 bits per heavy atom. The molecule has 0 radical (unpaired) electrons. The molecule has 4 rings (SSSR count). The van der Waals surface area contributed by atoms with Crippen LogP contribution in [0.3, 0.4) is 0 Å². The number of carbonyl (C=O) groups is 1. The minimum Gasteiger partial charge on any atom is -0.497 e. The van der Waals surface area contributed by atoms with E-state index in [1.165, 1.54) is 3.97 Å². The van der Waals surface area contributed by atoms with E-state index in [1.54, 1.807) is 74.7 Å². The van der Waals surface area contributed by atoms with Crippen molar-refractivity contribution in [1.29, 1.82) is 0 Å². The third-order valence-corrected chi connectivity index (χ3v) is 8.94. The number of benzene rings is 3. The summed E-state index contributed by atoms with van der Waals surface area (Å²) < 4.78 is 55.8. The van der Waals surface area contributed by atoms with E-state index in [0.717, 1.165) is 5.69 Å². The predicted molar refractivity (Wildman–Crippen MR) is 151 cm³/mol. The maximum absolute atomic E-state index is 13.7. The topological polar surface area (TPSA) is 116 Å². The molecule has 12 heteroatoms. The van der Waals surface area contributed by atoms with E-state index in [9.17, 15) is 17.4 Å². The smallest absolute Gasteiger partial charge is 0.357 e. The molecule has 0 spiro atoms.